The van der Waals surface area contributed by atoms with Crippen LogP contribution in [0, 0.1) is 6.07 Å². The number of hydrogen-bond acceptors (Lipinski definition) is 4. The summed E-state index contributed by atoms with van der Waals surface area (Å²) in [5.41, 5.74) is 2.08. The molecule has 2 saturated heterocycles. The van der Waals surface area contributed by atoms with Crippen molar-refractivity contribution in [3.05, 3.63) is 35.4 Å². The molecule has 0 N–H and O–H groups in total. The van der Waals surface area contributed by atoms with E-state index in [1.54, 1.807) is 0 Å². The normalized spacial score (nSPS) is 24.9. The van der Waals surface area contributed by atoms with Crippen molar-refractivity contribution in [1.29, 1.82) is 0 Å². The van der Waals surface area contributed by atoms with Crippen LogP contribution in [0.2, 0.25) is 0 Å². The van der Waals surface area contributed by atoms with Crippen LogP contribution in [0.3, 0.4) is 0 Å². The summed E-state index contributed by atoms with van der Waals surface area (Å²) < 4.78 is 22.8. The van der Waals surface area contributed by atoms with Gasteiger partial charge in [-0.3, -0.25) is 0 Å². The zero-order chi connectivity index (χ0) is 15.0. The second-order valence-electron chi connectivity index (χ2n) is 5.92. The fourth-order valence-corrected chi connectivity index (χ4v) is 2.79. The zero-order valence-corrected chi connectivity index (χ0v) is 14.1. The molecule has 0 spiro atoms. The Morgan fingerprint density at radius 2 is 1.39 bits per heavy atom. The third-order valence-electron chi connectivity index (χ3n) is 4.04. The molecular formula is C18H25LiO4. The molecule has 3 rings (SSSR count). The summed E-state index contributed by atoms with van der Waals surface area (Å²) in [4.78, 5) is 0. The molecule has 1 aromatic rings. The van der Waals surface area contributed by atoms with E-state index >= 15 is 0 Å². The van der Waals surface area contributed by atoms with E-state index in [4.69, 9.17) is 18.9 Å². The van der Waals surface area contributed by atoms with Crippen molar-refractivity contribution in [2.75, 3.05) is 13.2 Å². The Morgan fingerprint density at radius 1 is 0.870 bits per heavy atom. The second kappa shape index (κ2) is 10.5. The van der Waals surface area contributed by atoms with Crippen molar-refractivity contribution >= 4 is 0 Å². The van der Waals surface area contributed by atoms with Gasteiger partial charge in [-0.2, -0.15) is 24.3 Å². The van der Waals surface area contributed by atoms with Crippen LogP contribution in [0.1, 0.15) is 49.7 Å². The van der Waals surface area contributed by atoms with Crippen LogP contribution >= 0.6 is 0 Å². The molecule has 2 heterocycles. The van der Waals surface area contributed by atoms with E-state index in [9.17, 15) is 0 Å². The van der Waals surface area contributed by atoms with Crippen molar-refractivity contribution in [3.8, 4) is 0 Å². The maximum atomic E-state index is 5.80. The van der Waals surface area contributed by atoms with Crippen LogP contribution in [0.25, 0.3) is 0 Å². The van der Waals surface area contributed by atoms with Gasteiger partial charge in [-0.25, -0.2) is 0 Å². The first-order chi connectivity index (χ1) is 10.9. The third kappa shape index (κ3) is 6.58. The smallest absolute Gasteiger partial charge is 0.353 e. The van der Waals surface area contributed by atoms with Crippen molar-refractivity contribution < 1.29 is 37.8 Å². The SMILES string of the molecule is [Li+].[c-]1c(COC2CCCCO2)cccc1COC1CCCCO1. The van der Waals surface area contributed by atoms with E-state index in [0.29, 0.717) is 13.2 Å². The minimum Gasteiger partial charge on any atom is -0.353 e. The fourth-order valence-electron chi connectivity index (χ4n) is 2.79. The molecular weight excluding hydrogens is 287 g/mol. The van der Waals surface area contributed by atoms with Crippen LogP contribution in [0.5, 0.6) is 0 Å². The Hall–Kier alpha value is -0.343. The minimum atomic E-state index is -0.0577. The van der Waals surface area contributed by atoms with Crippen LogP contribution in [-0.2, 0) is 32.2 Å². The van der Waals surface area contributed by atoms with Gasteiger partial charge in [-0.05, 0) is 38.5 Å². The van der Waals surface area contributed by atoms with Gasteiger partial charge in [0.15, 0.2) is 12.6 Å². The van der Waals surface area contributed by atoms with Gasteiger partial charge in [0.25, 0.3) is 0 Å². The number of rotatable bonds is 6. The number of benzene rings is 1. The molecule has 122 valence electrons. The molecule has 2 aliphatic heterocycles. The third-order valence-corrected chi connectivity index (χ3v) is 4.04. The van der Waals surface area contributed by atoms with Gasteiger partial charge in [0, 0.05) is 13.2 Å². The predicted octanol–water partition coefficient (Wildman–Crippen LogP) is 0.577. The molecule has 2 fully saturated rings. The molecule has 0 amide bonds. The van der Waals surface area contributed by atoms with E-state index in [1.165, 1.54) is 12.8 Å². The summed E-state index contributed by atoms with van der Waals surface area (Å²) in [6, 6.07) is 9.45. The molecule has 0 saturated carbocycles. The molecule has 0 radical (unpaired) electrons. The summed E-state index contributed by atoms with van der Waals surface area (Å²) in [6.45, 7) is 2.70. The Morgan fingerprint density at radius 3 is 1.83 bits per heavy atom. The molecule has 0 aromatic heterocycles. The first-order valence-corrected chi connectivity index (χ1v) is 8.37. The van der Waals surface area contributed by atoms with Crippen LogP contribution in [0.4, 0.5) is 0 Å². The zero-order valence-electron chi connectivity index (χ0n) is 14.1. The van der Waals surface area contributed by atoms with E-state index in [0.717, 1.165) is 50.0 Å². The molecule has 1 aromatic carbocycles. The Bertz CT molecular complexity index is 405. The molecule has 0 bridgehead atoms. The van der Waals surface area contributed by atoms with Gasteiger partial charge in [0.05, 0.1) is 13.2 Å². The van der Waals surface area contributed by atoms with Crippen LogP contribution in [-0.4, -0.2) is 25.8 Å². The Balaban J connectivity index is 0.00000192. The second-order valence-corrected chi connectivity index (χ2v) is 5.92. The quantitative estimate of drug-likeness (QED) is 0.569. The minimum absolute atomic E-state index is 0. The maximum absolute atomic E-state index is 5.80. The van der Waals surface area contributed by atoms with Gasteiger partial charge >= 0.3 is 18.9 Å². The molecule has 2 atom stereocenters. The van der Waals surface area contributed by atoms with Crippen molar-refractivity contribution in [2.24, 2.45) is 0 Å². The van der Waals surface area contributed by atoms with Gasteiger partial charge in [0.2, 0.25) is 0 Å². The van der Waals surface area contributed by atoms with Crippen molar-refractivity contribution in [1.82, 2.24) is 0 Å². The van der Waals surface area contributed by atoms with Gasteiger partial charge < -0.3 is 18.9 Å². The largest absolute Gasteiger partial charge is 1.00 e. The standard InChI is InChI=1S/C18H25O4.Li/c1-3-10-19-17(8-1)21-13-15-6-5-7-16(12-15)14-22-18-9-2-4-11-20-18;/h5-7,17-18H,1-4,8-11,13-14H2;/q-1;+1. The molecule has 4 nitrogen and oxygen atoms in total. The monoisotopic (exact) mass is 312 g/mol. The van der Waals surface area contributed by atoms with Crippen molar-refractivity contribution in [2.45, 2.75) is 64.3 Å². The van der Waals surface area contributed by atoms with Gasteiger partial charge in [-0.1, -0.05) is 0 Å². The first-order valence-electron chi connectivity index (χ1n) is 8.37. The van der Waals surface area contributed by atoms with Crippen molar-refractivity contribution in [3.63, 3.8) is 0 Å². The van der Waals surface area contributed by atoms with E-state index in [1.807, 2.05) is 18.2 Å². The van der Waals surface area contributed by atoms with Crippen LogP contribution in [0.15, 0.2) is 18.2 Å². The summed E-state index contributed by atoms with van der Waals surface area (Å²) in [7, 11) is 0. The average molecular weight is 312 g/mol. The summed E-state index contributed by atoms with van der Waals surface area (Å²) in [5, 5.41) is 0. The van der Waals surface area contributed by atoms with Gasteiger partial charge in [0.1, 0.15) is 0 Å². The summed E-state index contributed by atoms with van der Waals surface area (Å²) >= 11 is 0. The maximum Gasteiger partial charge on any atom is 1.00 e. The van der Waals surface area contributed by atoms with E-state index in [2.05, 4.69) is 6.07 Å². The van der Waals surface area contributed by atoms with E-state index < -0.39 is 0 Å². The molecule has 2 aliphatic rings. The molecule has 23 heavy (non-hydrogen) atoms. The predicted molar refractivity (Wildman–Crippen MR) is 82.0 cm³/mol. The summed E-state index contributed by atoms with van der Waals surface area (Å²) in [6.07, 6.45) is 6.51. The van der Waals surface area contributed by atoms with Gasteiger partial charge in [-0.15, -0.1) is 11.1 Å². The average Bonchev–Trinajstić information content (AvgIpc) is 2.60. The Kier molecular flexibility index (Phi) is 8.67. The Labute approximate surface area is 151 Å². The molecule has 0 aliphatic carbocycles. The topological polar surface area (TPSA) is 36.9 Å². The fraction of sp³-hybridized carbons (Fsp3) is 0.667. The van der Waals surface area contributed by atoms with E-state index in [-0.39, 0.29) is 31.4 Å². The number of hydrogen-bond donors (Lipinski definition) is 0. The first kappa shape index (κ1) is 19.0. The van der Waals surface area contributed by atoms with Crippen LogP contribution < -0.4 is 18.9 Å². The molecule has 5 heteroatoms. The molecule has 2 unspecified atom stereocenters. The summed E-state index contributed by atoms with van der Waals surface area (Å²) in [5.74, 6) is 0. The number of ether oxygens (including phenoxy) is 4.